The monoisotopic (exact) mass is 182 g/mol. The Morgan fingerprint density at radius 2 is 2.38 bits per heavy atom. The molecule has 1 aliphatic carbocycles. The van der Waals surface area contributed by atoms with Crippen molar-refractivity contribution in [2.75, 3.05) is 13.1 Å². The summed E-state index contributed by atoms with van der Waals surface area (Å²) in [5, 5.41) is 6.36. The SMILES string of the molecule is CC(C)CNC(=O)C1C2CNC1C2. The molecule has 1 saturated carbocycles. The van der Waals surface area contributed by atoms with Crippen LogP contribution >= 0.6 is 0 Å². The van der Waals surface area contributed by atoms with Gasteiger partial charge in [0.2, 0.25) is 5.91 Å². The first-order chi connectivity index (χ1) is 6.18. The van der Waals surface area contributed by atoms with E-state index in [9.17, 15) is 4.79 Å². The molecule has 13 heavy (non-hydrogen) atoms. The maximum Gasteiger partial charge on any atom is 0.225 e. The van der Waals surface area contributed by atoms with Gasteiger partial charge in [0, 0.05) is 12.6 Å². The third-order valence-corrected chi connectivity index (χ3v) is 3.13. The Bertz CT molecular complexity index is 201. The van der Waals surface area contributed by atoms with Crippen molar-refractivity contribution in [2.45, 2.75) is 26.3 Å². The normalized spacial score (nSPS) is 36.1. The fraction of sp³-hybridized carbons (Fsp3) is 0.900. The molecular weight excluding hydrogens is 164 g/mol. The minimum atomic E-state index is 0.264. The molecule has 2 aliphatic heterocycles. The summed E-state index contributed by atoms with van der Waals surface area (Å²) in [5.41, 5.74) is 0. The zero-order valence-corrected chi connectivity index (χ0v) is 8.34. The molecule has 3 atom stereocenters. The second-order valence-electron chi connectivity index (χ2n) is 4.68. The lowest BCUT2D eigenvalue weighted by molar-refractivity contribution is -0.129. The van der Waals surface area contributed by atoms with Crippen LogP contribution in [0.25, 0.3) is 0 Å². The quantitative estimate of drug-likeness (QED) is 0.662. The fourth-order valence-electron chi connectivity index (χ4n) is 2.29. The Morgan fingerprint density at radius 3 is 2.85 bits per heavy atom. The number of rotatable bonds is 3. The molecule has 74 valence electrons. The molecule has 2 bridgehead atoms. The molecule has 3 nitrogen and oxygen atoms in total. The van der Waals surface area contributed by atoms with Crippen LogP contribution in [-0.2, 0) is 4.79 Å². The standard InChI is InChI=1S/C10H18N2O/c1-6(2)4-12-10(13)9-7-3-8(9)11-5-7/h6-9,11H,3-5H2,1-2H3,(H,12,13). The highest BCUT2D eigenvalue weighted by Gasteiger charge is 2.50. The zero-order valence-electron chi connectivity index (χ0n) is 8.34. The second kappa shape index (κ2) is 3.29. The maximum atomic E-state index is 11.6. The molecule has 1 amide bonds. The summed E-state index contributed by atoms with van der Waals surface area (Å²) in [6, 6.07) is 0.483. The van der Waals surface area contributed by atoms with E-state index in [4.69, 9.17) is 0 Å². The topological polar surface area (TPSA) is 41.1 Å². The van der Waals surface area contributed by atoms with E-state index in [-0.39, 0.29) is 11.8 Å². The first kappa shape index (κ1) is 9.00. The molecule has 0 aromatic heterocycles. The summed E-state index contributed by atoms with van der Waals surface area (Å²) in [5.74, 6) is 1.71. The summed E-state index contributed by atoms with van der Waals surface area (Å²) >= 11 is 0. The van der Waals surface area contributed by atoms with Crippen molar-refractivity contribution >= 4 is 5.91 Å². The molecule has 3 rings (SSSR count). The lowest BCUT2D eigenvalue weighted by atomic mass is 9.73. The number of amides is 1. The third-order valence-electron chi connectivity index (χ3n) is 3.13. The Morgan fingerprint density at radius 1 is 1.62 bits per heavy atom. The smallest absolute Gasteiger partial charge is 0.225 e. The predicted octanol–water partition coefficient (Wildman–Crippen LogP) is 0.366. The molecule has 0 radical (unpaired) electrons. The van der Waals surface area contributed by atoms with Gasteiger partial charge in [-0.05, 0) is 24.8 Å². The fourth-order valence-corrected chi connectivity index (χ4v) is 2.29. The Labute approximate surface area is 79.3 Å². The van der Waals surface area contributed by atoms with Crippen LogP contribution in [0.2, 0.25) is 0 Å². The molecule has 3 unspecified atom stereocenters. The van der Waals surface area contributed by atoms with Gasteiger partial charge in [0.25, 0.3) is 0 Å². The van der Waals surface area contributed by atoms with Crippen LogP contribution in [0.4, 0.5) is 0 Å². The second-order valence-corrected chi connectivity index (χ2v) is 4.68. The number of fused-ring (bicyclic) bond motifs is 1. The van der Waals surface area contributed by atoms with E-state index in [1.165, 1.54) is 6.42 Å². The van der Waals surface area contributed by atoms with Gasteiger partial charge in [-0.1, -0.05) is 13.8 Å². The summed E-state index contributed by atoms with van der Waals surface area (Å²) in [6.45, 7) is 6.10. The van der Waals surface area contributed by atoms with Crippen LogP contribution in [0.15, 0.2) is 0 Å². The van der Waals surface area contributed by atoms with E-state index in [2.05, 4.69) is 24.5 Å². The van der Waals surface area contributed by atoms with Gasteiger partial charge < -0.3 is 10.6 Å². The maximum absolute atomic E-state index is 11.6. The van der Waals surface area contributed by atoms with Gasteiger partial charge in [-0.3, -0.25) is 4.79 Å². The number of carbonyl (C=O) groups excluding carboxylic acids is 1. The highest BCUT2D eigenvalue weighted by molar-refractivity contribution is 5.81. The number of nitrogens with one attached hydrogen (secondary N) is 2. The summed E-state index contributed by atoms with van der Waals surface area (Å²) in [7, 11) is 0. The van der Waals surface area contributed by atoms with Crippen LogP contribution < -0.4 is 10.6 Å². The van der Waals surface area contributed by atoms with Crippen LogP contribution in [0, 0.1) is 17.8 Å². The Hall–Kier alpha value is -0.570. The van der Waals surface area contributed by atoms with Crippen LogP contribution in [-0.4, -0.2) is 25.0 Å². The first-order valence-electron chi connectivity index (χ1n) is 5.19. The van der Waals surface area contributed by atoms with Crippen molar-refractivity contribution in [3.8, 4) is 0 Å². The molecule has 2 heterocycles. The van der Waals surface area contributed by atoms with Gasteiger partial charge in [-0.25, -0.2) is 0 Å². The number of hydrogen-bond donors (Lipinski definition) is 2. The lowest BCUT2D eigenvalue weighted by Crippen LogP contribution is -2.48. The average Bonchev–Trinajstić information content (AvgIpc) is 2.60. The summed E-state index contributed by atoms with van der Waals surface area (Å²) in [6.07, 6.45) is 1.21. The van der Waals surface area contributed by atoms with Crippen molar-refractivity contribution in [3.63, 3.8) is 0 Å². The zero-order chi connectivity index (χ0) is 9.42. The number of hydrogen-bond acceptors (Lipinski definition) is 2. The van der Waals surface area contributed by atoms with Gasteiger partial charge in [0.15, 0.2) is 0 Å². The van der Waals surface area contributed by atoms with E-state index < -0.39 is 0 Å². The van der Waals surface area contributed by atoms with Crippen molar-refractivity contribution in [1.29, 1.82) is 0 Å². The van der Waals surface area contributed by atoms with Gasteiger partial charge >= 0.3 is 0 Å². The van der Waals surface area contributed by atoms with Gasteiger partial charge in [-0.15, -0.1) is 0 Å². The minimum Gasteiger partial charge on any atom is -0.356 e. The minimum absolute atomic E-state index is 0.264. The van der Waals surface area contributed by atoms with Crippen molar-refractivity contribution in [3.05, 3.63) is 0 Å². The van der Waals surface area contributed by atoms with Crippen LogP contribution in [0.5, 0.6) is 0 Å². The average molecular weight is 182 g/mol. The lowest BCUT2D eigenvalue weighted by Gasteiger charge is -2.33. The molecule has 3 heteroatoms. The molecule has 0 aromatic carbocycles. The molecule has 2 N–H and O–H groups in total. The highest BCUT2D eigenvalue weighted by atomic mass is 16.2. The van der Waals surface area contributed by atoms with Crippen LogP contribution in [0.1, 0.15) is 20.3 Å². The summed E-state index contributed by atoms with van der Waals surface area (Å²) < 4.78 is 0. The van der Waals surface area contributed by atoms with Crippen molar-refractivity contribution in [1.82, 2.24) is 10.6 Å². The molecule has 3 aliphatic rings. The van der Waals surface area contributed by atoms with Gasteiger partial charge in [0.05, 0.1) is 5.92 Å². The highest BCUT2D eigenvalue weighted by Crippen LogP contribution is 2.39. The largest absolute Gasteiger partial charge is 0.356 e. The van der Waals surface area contributed by atoms with E-state index in [0.717, 1.165) is 13.1 Å². The van der Waals surface area contributed by atoms with E-state index in [1.54, 1.807) is 0 Å². The van der Waals surface area contributed by atoms with E-state index in [0.29, 0.717) is 17.9 Å². The van der Waals surface area contributed by atoms with E-state index in [1.807, 2.05) is 0 Å². The molecule has 2 saturated heterocycles. The Balaban J connectivity index is 1.78. The molecular formula is C10H18N2O. The van der Waals surface area contributed by atoms with Gasteiger partial charge in [-0.2, -0.15) is 0 Å². The van der Waals surface area contributed by atoms with Crippen molar-refractivity contribution < 1.29 is 4.79 Å². The molecule has 0 aromatic rings. The molecule has 0 spiro atoms. The summed E-state index contributed by atoms with van der Waals surface area (Å²) in [4.78, 5) is 11.6. The number of carbonyl (C=O) groups is 1. The predicted molar refractivity (Wildman–Crippen MR) is 51.2 cm³/mol. The molecule has 3 fully saturated rings. The third kappa shape index (κ3) is 1.57. The van der Waals surface area contributed by atoms with Gasteiger partial charge in [0.1, 0.15) is 0 Å². The van der Waals surface area contributed by atoms with E-state index >= 15 is 0 Å². The Kier molecular flexibility index (Phi) is 2.28. The van der Waals surface area contributed by atoms with Crippen LogP contribution in [0.3, 0.4) is 0 Å². The van der Waals surface area contributed by atoms with Crippen molar-refractivity contribution in [2.24, 2.45) is 17.8 Å². The first-order valence-corrected chi connectivity index (χ1v) is 5.19.